The third kappa shape index (κ3) is 5.28. The van der Waals surface area contributed by atoms with Crippen LogP contribution >= 0.6 is 0 Å². The van der Waals surface area contributed by atoms with Gasteiger partial charge in [0.25, 0.3) is 0 Å². The van der Waals surface area contributed by atoms with E-state index in [2.05, 4.69) is 50.4 Å². The van der Waals surface area contributed by atoms with Gasteiger partial charge in [0.2, 0.25) is 0 Å². The normalized spacial score (nSPS) is 23.2. The third-order valence-corrected chi connectivity index (χ3v) is 4.56. The topological polar surface area (TPSA) is 12.0 Å². The van der Waals surface area contributed by atoms with E-state index in [-0.39, 0.29) is 0 Å². The summed E-state index contributed by atoms with van der Waals surface area (Å²) in [6, 6.07) is 9.15. The van der Waals surface area contributed by atoms with E-state index in [0.29, 0.717) is 0 Å². The Bertz CT molecular complexity index is 371. The molecule has 1 saturated carbocycles. The second-order valence-electron chi connectivity index (χ2n) is 7.17. The molecule has 1 heteroatoms. The summed E-state index contributed by atoms with van der Waals surface area (Å²) in [5.74, 6) is 2.61. The van der Waals surface area contributed by atoms with Crippen molar-refractivity contribution in [3.05, 3.63) is 35.4 Å². The van der Waals surface area contributed by atoms with Crippen LogP contribution in [0, 0.1) is 17.8 Å². The Labute approximate surface area is 125 Å². The van der Waals surface area contributed by atoms with Crippen molar-refractivity contribution in [2.24, 2.45) is 17.8 Å². The summed E-state index contributed by atoms with van der Waals surface area (Å²) in [5.41, 5.74) is 2.88. The number of benzene rings is 1. The molecular formula is C19H31N. The molecule has 0 aliphatic heterocycles. The molecule has 0 amide bonds. The first kappa shape index (κ1) is 15.6. The van der Waals surface area contributed by atoms with Gasteiger partial charge in [0.05, 0.1) is 0 Å². The predicted molar refractivity (Wildman–Crippen MR) is 87.8 cm³/mol. The lowest BCUT2D eigenvalue weighted by molar-refractivity contribution is 0.281. The molecule has 0 saturated heterocycles. The van der Waals surface area contributed by atoms with Crippen LogP contribution < -0.4 is 5.32 Å². The van der Waals surface area contributed by atoms with Crippen molar-refractivity contribution in [1.29, 1.82) is 0 Å². The van der Waals surface area contributed by atoms with E-state index in [9.17, 15) is 0 Å². The first-order chi connectivity index (χ1) is 9.63. The Morgan fingerprint density at radius 1 is 1.00 bits per heavy atom. The summed E-state index contributed by atoms with van der Waals surface area (Å²) in [5, 5.41) is 3.65. The van der Waals surface area contributed by atoms with Crippen molar-refractivity contribution in [3.8, 4) is 0 Å². The van der Waals surface area contributed by atoms with Gasteiger partial charge in [-0.15, -0.1) is 0 Å². The highest BCUT2D eigenvalue weighted by atomic mass is 14.9. The molecule has 0 atom stereocenters. The number of hydrogen-bond donors (Lipinski definition) is 1. The molecule has 1 aromatic rings. The van der Waals surface area contributed by atoms with Crippen molar-refractivity contribution >= 4 is 0 Å². The molecule has 0 bridgehead atoms. The molecule has 112 valence electrons. The lowest BCUT2D eigenvalue weighted by atomic mass is 9.83. The minimum absolute atomic E-state index is 0.743. The summed E-state index contributed by atoms with van der Waals surface area (Å²) in [6.45, 7) is 9.16. The van der Waals surface area contributed by atoms with Gasteiger partial charge in [-0.2, -0.15) is 0 Å². The van der Waals surface area contributed by atoms with Gasteiger partial charge < -0.3 is 5.32 Å². The van der Waals surface area contributed by atoms with Crippen LogP contribution in [0.3, 0.4) is 0 Å². The highest BCUT2D eigenvalue weighted by Crippen LogP contribution is 2.27. The number of rotatable bonds is 6. The minimum Gasteiger partial charge on any atom is -0.312 e. The maximum atomic E-state index is 3.65. The Morgan fingerprint density at radius 2 is 1.60 bits per heavy atom. The molecule has 0 unspecified atom stereocenters. The van der Waals surface area contributed by atoms with Crippen molar-refractivity contribution in [1.82, 2.24) is 5.32 Å². The van der Waals surface area contributed by atoms with Crippen LogP contribution in [-0.2, 0) is 13.0 Å². The Balaban J connectivity index is 1.69. The van der Waals surface area contributed by atoms with Crippen molar-refractivity contribution in [3.63, 3.8) is 0 Å². The van der Waals surface area contributed by atoms with Crippen LogP contribution in [0.5, 0.6) is 0 Å². The third-order valence-electron chi connectivity index (χ3n) is 4.56. The largest absolute Gasteiger partial charge is 0.312 e. The summed E-state index contributed by atoms with van der Waals surface area (Å²) >= 11 is 0. The SMILES string of the molecule is CC(C)Cc1ccc(CNCC2CCC(C)CC2)cc1. The zero-order valence-corrected chi connectivity index (χ0v) is 13.5. The first-order valence-electron chi connectivity index (χ1n) is 8.42. The quantitative estimate of drug-likeness (QED) is 0.785. The average molecular weight is 273 g/mol. The molecule has 1 nitrogen and oxygen atoms in total. The smallest absolute Gasteiger partial charge is 0.0205 e. The van der Waals surface area contributed by atoms with Gasteiger partial charge in [0.15, 0.2) is 0 Å². The second-order valence-corrected chi connectivity index (χ2v) is 7.17. The molecule has 0 radical (unpaired) electrons. The molecular weight excluding hydrogens is 242 g/mol. The highest BCUT2D eigenvalue weighted by molar-refractivity contribution is 5.22. The van der Waals surface area contributed by atoms with E-state index in [4.69, 9.17) is 0 Å². The van der Waals surface area contributed by atoms with E-state index < -0.39 is 0 Å². The average Bonchev–Trinajstić information content (AvgIpc) is 2.42. The lowest BCUT2D eigenvalue weighted by Gasteiger charge is -2.26. The minimum atomic E-state index is 0.743. The number of nitrogens with one attached hydrogen (secondary N) is 1. The molecule has 1 N–H and O–H groups in total. The van der Waals surface area contributed by atoms with Gasteiger partial charge in [0, 0.05) is 6.54 Å². The molecule has 1 aromatic carbocycles. The predicted octanol–water partition coefficient (Wildman–Crippen LogP) is 4.80. The fourth-order valence-electron chi connectivity index (χ4n) is 3.22. The fraction of sp³-hybridized carbons (Fsp3) is 0.684. The van der Waals surface area contributed by atoms with Crippen molar-refractivity contribution < 1.29 is 0 Å². The Hall–Kier alpha value is -0.820. The standard InChI is InChI=1S/C19H31N/c1-15(2)12-17-8-10-19(11-9-17)14-20-13-18-6-4-16(3)5-7-18/h8-11,15-16,18,20H,4-7,12-14H2,1-3H3. The van der Waals surface area contributed by atoms with Crippen LogP contribution in [0.4, 0.5) is 0 Å². The van der Waals surface area contributed by atoms with Crippen LogP contribution in [0.1, 0.15) is 57.6 Å². The molecule has 0 spiro atoms. The lowest BCUT2D eigenvalue weighted by Crippen LogP contribution is -2.25. The highest BCUT2D eigenvalue weighted by Gasteiger charge is 2.17. The molecule has 1 aliphatic carbocycles. The van der Waals surface area contributed by atoms with Crippen LogP contribution in [-0.4, -0.2) is 6.54 Å². The first-order valence-corrected chi connectivity index (χ1v) is 8.42. The van der Waals surface area contributed by atoms with E-state index in [0.717, 1.165) is 24.3 Å². The Kier molecular flexibility index (Phi) is 6.09. The Morgan fingerprint density at radius 3 is 2.20 bits per heavy atom. The van der Waals surface area contributed by atoms with E-state index in [1.165, 1.54) is 49.8 Å². The molecule has 20 heavy (non-hydrogen) atoms. The zero-order valence-electron chi connectivity index (χ0n) is 13.5. The molecule has 2 rings (SSSR count). The number of hydrogen-bond acceptors (Lipinski definition) is 1. The van der Waals surface area contributed by atoms with E-state index >= 15 is 0 Å². The van der Waals surface area contributed by atoms with Gasteiger partial charge in [-0.1, -0.05) is 57.9 Å². The van der Waals surface area contributed by atoms with E-state index in [1.54, 1.807) is 0 Å². The van der Waals surface area contributed by atoms with Crippen molar-refractivity contribution in [2.45, 2.75) is 59.4 Å². The maximum Gasteiger partial charge on any atom is 0.0205 e. The summed E-state index contributed by atoms with van der Waals surface area (Å²) in [7, 11) is 0. The monoisotopic (exact) mass is 273 g/mol. The second kappa shape index (κ2) is 7.83. The van der Waals surface area contributed by atoms with Gasteiger partial charge in [-0.25, -0.2) is 0 Å². The summed E-state index contributed by atoms with van der Waals surface area (Å²) in [6.07, 6.45) is 6.88. The molecule has 1 aliphatic rings. The summed E-state index contributed by atoms with van der Waals surface area (Å²) in [4.78, 5) is 0. The molecule has 0 aromatic heterocycles. The van der Waals surface area contributed by atoms with Crippen molar-refractivity contribution in [2.75, 3.05) is 6.54 Å². The van der Waals surface area contributed by atoms with Crippen LogP contribution in [0.25, 0.3) is 0 Å². The zero-order chi connectivity index (χ0) is 14.4. The molecule has 0 heterocycles. The summed E-state index contributed by atoms with van der Waals surface area (Å²) < 4.78 is 0. The van der Waals surface area contributed by atoms with Gasteiger partial charge in [-0.05, 0) is 54.7 Å². The van der Waals surface area contributed by atoms with Gasteiger partial charge >= 0.3 is 0 Å². The van der Waals surface area contributed by atoms with E-state index in [1.807, 2.05) is 0 Å². The van der Waals surface area contributed by atoms with Crippen LogP contribution in [0.15, 0.2) is 24.3 Å². The molecule has 1 fully saturated rings. The van der Waals surface area contributed by atoms with Crippen LogP contribution in [0.2, 0.25) is 0 Å². The maximum absolute atomic E-state index is 3.65. The van der Waals surface area contributed by atoms with Gasteiger partial charge in [-0.3, -0.25) is 0 Å². The fourth-order valence-corrected chi connectivity index (χ4v) is 3.22. The van der Waals surface area contributed by atoms with Gasteiger partial charge in [0.1, 0.15) is 0 Å².